The molecule has 1 fully saturated rings. The fourth-order valence-electron chi connectivity index (χ4n) is 3.23. The van der Waals surface area contributed by atoms with Crippen LogP contribution in [0, 0.1) is 0 Å². The van der Waals surface area contributed by atoms with Crippen LogP contribution in [-0.2, 0) is 18.3 Å². The van der Waals surface area contributed by atoms with Crippen molar-refractivity contribution in [1.82, 2.24) is 19.7 Å². The Bertz CT molecular complexity index is 578. The maximum absolute atomic E-state index is 6.10. The molecule has 1 aliphatic heterocycles. The smallest absolute Gasteiger partial charge is 0.194 e. The number of aryl methyl sites for hydroxylation is 1. The van der Waals surface area contributed by atoms with E-state index in [9.17, 15) is 0 Å². The maximum Gasteiger partial charge on any atom is 0.194 e. The predicted molar refractivity (Wildman–Crippen MR) is 104 cm³/mol. The number of guanidine groups is 1. The highest BCUT2D eigenvalue weighted by molar-refractivity contribution is 6.30. The van der Waals surface area contributed by atoms with Gasteiger partial charge < -0.3 is 24.4 Å². The van der Waals surface area contributed by atoms with E-state index in [0.29, 0.717) is 0 Å². The van der Waals surface area contributed by atoms with Gasteiger partial charge in [-0.25, -0.2) is 0 Å². The Balaban J connectivity index is 2.12. The lowest BCUT2D eigenvalue weighted by molar-refractivity contribution is -0.00263. The van der Waals surface area contributed by atoms with Crippen molar-refractivity contribution in [2.24, 2.45) is 12.0 Å². The van der Waals surface area contributed by atoms with Crippen LogP contribution >= 0.6 is 11.6 Å². The zero-order valence-corrected chi connectivity index (χ0v) is 16.9. The highest BCUT2D eigenvalue weighted by atomic mass is 35.5. The first-order valence-corrected chi connectivity index (χ1v) is 9.31. The number of rotatable bonds is 6. The van der Waals surface area contributed by atoms with Crippen LogP contribution in [0.25, 0.3) is 0 Å². The van der Waals surface area contributed by atoms with E-state index in [1.54, 1.807) is 0 Å². The van der Waals surface area contributed by atoms with Gasteiger partial charge in [-0.2, -0.15) is 0 Å². The maximum atomic E-state index is 6.10. The third-order valence-corrected chi connectivity index (χ3v) is 5.27. The SMILES string of the molecule is CCNC(=NCC1(N(C)C)CCOCC1)N(C)Cc1cc(Cl)cn1C. The van der Waals surface area contributed by atoms with E-state index in [-0.39, 0.29) is 5.54 Å². The van der Waals surface area contributed by atoms with Crippen molar-refractivity contribution in [3.05, 3.63) is 23.0 Å². The van der Waals surface area contributed by atoms with Crippen LogP contribution in [0.1, 0.15) is 25.5 Å². The number of hydrogen-bond acceptors (Lipinski definition) is 3. The van der Waals surface area contributed by atoms with Gasteiger partial charge >= 0.3 is 0 Å². The largest absolute Gasteiger partial charge is 0.381 e. The van der Waals surface area contributed by atoms with Gasteiger partial charge in [0.2, 0.25) is 0 Å². The molecule has 1 N–H and O–H groups in total. The van der Waals surface area contributed by atoms with Crippen molar-refractivity contribution in [2.45, 2.75) is 31.8 Å². The van der Waals surface area contributed by atoms with E-state index >= 15 is 0 Å². The van der Waals surface area contributed by atoms with Crippen LogP contribution in [0.4, 0.5) is 0 Å². The Morgan fingerprint density at radius 1 is 1.36 bits per heavy atom. The van der Waals surface area contributed by atoms with Crippen molar-refractivity contribution in [1.29, 1.82) is 0 Å². The molecule has 142 valence electrons. The molecule has 2 heterocycles. The first-order valence-electron chi connectivity index (χ1n) is 8.93. The lowest BCUT2D eigenvalue weighted by Crippen LogP contribution is -2.51. The van der Waals surface area contributed by atoms with Gasteiger partial charge in [-0.05, 0) is 39.9 Å². The van der Waals surface area contributed by atoms with Crippen molar-refractivity contribution >= 4 is 17.6 Å². The molecule has 1 aliphatic rings. The molecule has 25 heavy (non-hydrogen) atoms. The Morgan fingerprint density at radius 2 is 2.04 bits per heavy atom. The second-order valence-corrected chi connectivity index (χ2v) is 7.45. The third kappa shape index (κ3) is 5.12. The zero-order valence-electron chi connectivity index (χ0n) is 16.2. The van der Waals surface area contributed by atoms with Gasteiger partial charge in [0.25, 0.3) is 0 Å². The van der Waals surface area contributed by atoms with Crippen LogP contribution in [0.2, 0.25) is 5.02 Å². The molecule has 0 bridgehead atoms. The lowest BCUT2D eigenvalue weighted by atomic mass is 9.89. The monoisotopic (exact) mass is 369 g/mol. The molecule has 2 rings (SSSR count). The van der Waals surface area contributed by atoms with Crippen LogP contribution < -0.4 is 5.32 Å². The molecule has 0 amide bonds. The number of nitrogens with one attached hydrogen (secondary N) is 1. The van der Waals surface area contributed by atoms with E-state index < -0.39 is 0 Å². The topological polar surface area (TPSA) is 45.0 Å². The minimum Gasteiger partial charge on any atom is -0.381 e. The standard InChI is InChI=1S/C18H32ClN5O/c1-6-20-17(24(5)13-16-11-15(19)12-23(16)4)21-14-18(22(2)3)7-9-25-10-8-18/h11-12H,6-10,13-14H2,1-5H3,(H,20,21). The first-order chi connectivity index (χ1) is 11.9. The van der Waals surface area contributed by atoms with E-state index in [2.05, 4.69) is 47.8 Å². The molecule has 1 saturated heterocycles. The van der Waals surface area contributed by atoms with Gasteiger partial charge in [-0.1, -0.05) is 11.6 Å². The molecule has 0 unspecified atom stereocenters. The Hall–Kier alpha value is -1.24. The molecule has 0 spiro atoms. The predicted octanol–water partition coefficient (Wildman–Crippen LogP) is 2.19. The summed E-state index contributed by atoms with van der Waals surface area (Å²) in [6.07, 6.45) is 3.96. The van der Waals surface area contributed by atoms with Gasteiger partial charge in [0.1, 0.15) is 0 Å². The van der Waals surface area contributed by atoms with Gasteiger partial charge in [0, 0.05) is 51.3 Å². The summed E-state index contributed by atoms with van der Waals surface area (Å²) in [6.45, 7) is 6.08. The average Bonchev–Trinajstić information content (AvgIpc) is 2.89. The number of halogens is 1. The number of likely N-dealkylation sites (N-methyl/N-ethyl adjacent to an activating group) is 1. The average molecular weight is 370 g/mol. The van der Waals surface area contributed by atoms with Gasteiger partial charge in [-0.3, -0.25) is 4.99 Å². The summed E-state index contributed by atoms with van der Waals surface area (Å²) in [5, 5.41) is 4.17. The summed E-state index contributed by atoms with van der Waals surface area (Å²) in [5.74, 6) is 0.924. The minimum atomic E-state index is 0.0774. The number of ether oxygens (including phenoxy) is 1. The molecule has 0 aromatic carbocycles. The number of nitrogens with zero attached hydrogens (tertiary/aromatic N) is 4. The molecule has 0 aliphatic carbocycles. The second-order valence-electron chi connectivity index (χ2n) is 7.02. The summed E-state index contributed by atoms with van der Waals surface area (Å²) in [6, 6.07) is 2.00. The number of aromatic nitrogens is 1. The molecule has 1 aromatic rings. The highest BCUT2D eigenvalue weighted by Crippen LogP contribution is 2.26. The van der Waals surface area contributed by atoms with Crippen molar-refractivity contribution in [3.63, 3.8) is 0 Å². The molecular formula is C18H32ClN5O. The Morgan fingerprint density at radius 3 is 2.56 bits per heavy atom. The zero-order chi connectivity index (χ0) is 18.4. The quantitative estimate of drug-likeness (QED) is 0.616. The summed E-state index contributed by atoms with van der Waals surface area (Å²) < 4.78 is 7.61. The second kappa shape index (κ2) is 8.92. The van der Waals surface area contributed by atoms with Gasteiger partial charge in [0.15, 0.2) is 5.96 Å². The summed E-state index contributed by atoms with van der Waals surface area (Å²) in [4.78, 5) is 9.41. The molecule has 1 aromatic heterocycles. The van der Waals surface area contributed by atoms with E-state index in [4.69, 9.17) is 21.3 Å². The molecular weight excluding hydrogens is 338 g/mol. The lowest BCUT2D eigenvalue weighted by Gasteiger charge is -2.42. The summed E-state index contributed by atoms with van der Waals surface area (Å²) in [7, 11) is 8.36. The van der Waals surface area contributed by atoms with Crippen LogP contribution in [0.15, 0.2) is 17.3 Å². The normalized spacial score (nSPS) is 17.8. The third-order valence-electron chi connectivity index (χ3n) is 5.07. The Kier molecular flexibility index (Phi) is 7.16. The minimum absolute atomic E-state index is 0.0774. The van der Waals surface area contributed by atoms with Crippen LogP contribution in [-0.4, -0.2) is 73.3 Å². The molecule has 7 heteroatoms. The summed E-state index contributed by atoms with van der Waals surface area (Å²) in [5.41, 5.74) is 1.24. The van der Waals surface area contributed by atoms with Gasteiger partial charge in [-0.15, -0.1) is 0 Å². The fourth-order valence-corrected chi connectivity index (χ4v) is 3.50. The van der Waals surface area contributed by atoms with Crippen molar-refractivity contribution < 1.29 is 4.74 Å². The molecule has 0 atom stereocenters. The number of aliphatic imine (C=N–C) groups is 1. The van der Waals surface area contributed by atoms with Crippen molar-refractivity contribution in [2.75, 3.05) is 47.4 Å². The summed E-state index contributed by atoms with van der Waals surface area (Å²) >= 11 is 6.10. The molecule has 0 radical (unpaired) electrons. The van der Waals surface area contributed by atoms with Crippen molar-refractivity contribution in [3.8, 4) is 0 Å². The van der Waals surface area contributed by atoms with E-state index in [1.165, 1.54) is 0 Å². The van der Waals surface area contributed by atoms with Gasteiger partial charge in [0.05, 0.1) is 18.1 Å². The first kappa shape index (κ1) is 20.1. The molecule has 6 nitrogen and oxygen atoms in total. The van der Waals surface area contributed by atoms with Crippen LogP contribution in [0.3, 0.4) is 0 Å². The molecule has 0 saturated carbocycles. The number of hydrogen-bond donors (Lipinski definition) is 1. The fraction of sp³-hybridized carbons (Fsp3) is 0.722. The highest BCUT2D eigenvalue weighted by Gasteiger charge is 2.34. The van der Waals surface area contributed by atoms with E-state index in [1.807, 2.05) is 19.3 Å². The van der Waals surface area contributed by atoms with Crippen LogP contribution in [0.5, 0.6) is 0 Å². The Labute approximate surface area is 156 Å². The van der Waals surface area contributed by atoms with E-state index in [0.717, 1.165) is 62.4 Å².